The van der Waals surface area contributed by atoms with Crippen molar-refractivity contribution in [1.82, 2.24) is 0 Å². The second kappa shape index (κ2) is 7.25. The third-order valence-corrected chi connectivity index (χ3v) is 2.59. The normalized spacial score (nSPS) is 11.2. The second-order valence-corrected chi connectivity index (χ2v) is 3.85. The van der Waals surface area contributed by atoms with Crippen LogP contribution in [0.2, 0.25) is 0 Å². The summed E-state index contributed by atoms with van der Waals surface area (Å²) >= 11 is 0. The highest BCUT2D eigenvalue weighted by atomic mass is 16.5. The first-order valence-electron chi connectivity index (χ1n) is 5.67. The minimum absolute atomic E-state index is 0.153. The molecule has 0 fully saturated rings. The van der Waals surface area contributed by atoms with Gasteiger partial charge < -0.3 is 4.74 Å². The molecule has 3 nitrogen and oxygen atoms in total. The van der Waals surface area contributed by atoms with E-state index in [2.05, 4.69) is 17.0 Å². The van der Waals surface area contributed by atoms with Gasteiger partial charge in [-0.25, -0.2) is 0 Å². The van der Waals surface area contributed by atoms with E-state index in [1.165, 1.54) is 7.11 Å². The van der Waals surface area contributed by atoms with Gasteiger partial charge in [-0.2, -0.15) is 0 Å². The van der Waals surface area contributed by atoms with Crippen molar-refractivity contribution in [2.45, 2.75) is 12.8 Å². The van der Waals surface area contributed by atoms with Crippen LogP contribution in [-0.4, -0.2) is 18.9 Å². The van der Waals surface area contributed by atoms with Gasteiger partial charge in [0.1, 0.15) is 5.92 Å². The van der Waals surface area contributed by atoms with Crippen molar-refractivity contribution in [3.05, 3.63) is 54.3 Å². The molecule has 94 valence electrons. The first-order chi connectivity index (χ1) is 8.69. The van der Waals surface area contributed by atoms with Crippen molar-refractivity contribution in [2.24, 2.45) is 5.92 Å². The fourth-order valence-corrected chi connectivity index (χ4v) is 1.62. The molecular weight excluding hydrogens is 228 g/mol. The Kier molecular flexibility index (Phi) is 5.62. The first-order valence-corrected chi connectivity index (χ1v) is 5.67. The van der Waals surface area contributed by atoms with Gasteiger partial charge >= 0.3 is 5.97 Å². The first kappa shape index (κ1) is 13.9. The highest BCUT2D eigenvalue weighted by Crippen LogP contribution is 2.12. The van der Waals surface area contributed by atoms with Crippen LogP contribution in [-0.2, 0) is 20.7 Å². The molecule has 0 aliphatic rings. The molecule has 3 heteroatoms. The molecule has 1 aromatic carbocycles. The molecule has 1 aromatic rings. The van der Waals surface area contributed by atoms with E-state index >= 15 is 0 Å². The molecule has 0 saturated carbocycles. The Balaban J connectivity index is 2.76. The van der Waals surface area contributed by atoms with Crippen molar-refractivity contribution < 1.29 is 14.3 Å². The summed E-state index contributed by atoms with van der Waals surface area (Å²) < 4.78 is 4.64. The van der Waals surface area contributed by atoms with E-state index in [1.807, 2.05) is 30.3 Å². The third kappa shape index (κ3) is 4.04. The SMILES string of the molecule is C=C=CCC(C(=O)Cc1ccccc1)C(=O)OC. The topological polar surface area (TPSA) is 43.4 Å². The van der Waals surface area contributed by atoms with Gasteiger partial charge in [0.2, 0.25) is 0 Å². The Morgan fingerprint density at radius 2 is 2.06 bits per heavy atom. The number of esters is 1. The number of carbonyl (C=O) groups excluding carboxylic acids is 2. The second-order valence-electron chi connectivity index (χ2n) is 3.85. The summed E-state index contributed by atoms with van der Waals surface area (Å²) in [5.74, 6) is -1.44. The number of ether oxygens (including phenoxy) is 1. The molecule has 0 aliphatic carbocycles. The van der Waals surface area contributed by atoms with Gasteiger partial charge in [-0.1, -0.05) is 36.9 Å². The molecule has 1 unspecified atom stereocenters. The van der Waals surface area contributed by atoms with Crippen LogP contribution in [0.3, 0.4) is 0 Å². The number of carbonyl (C=O) groups is 2. The number of ketones is 1. The molecule has 0 spiro atoms. The summed E-state index contributed by atoms with van der Waals surface area (Å²) in [4.78, 5) is 23.6. The highest BCUT2D eigenvalue weighted by Gasteiger charge is 2.25. The zero-order chi connectivity index (χ0) is 13.4. The average molecular weight is 244 g/mol. The van der Waals surface area contributed by atoms with Crippen molar-refractivity contribution >= 4 is 11.8 Å². The number of Topliss-reactive ketones (excluding diaryl/α,β-unsaturated/α-hetero) is 1. The van der Waals surface area contributed by atoms with Crippen LogP contribution in [0, 0.1) is 5.92 Å². The molecule has 0 aromatic heterocycles. The van der Waals surface area contributed by atoms with Gasteiger partial charge in [-0.15, -0.1) is 5.73 Å². The van der Waals surface area contributed by atoms with Crippen molar-refractivity contribution in [3.63, 3.8) is 0 Å². The molecule has 0 bridgehead atoms. The van der Waals surface area contributed by atoms with Crippen LogP contribution in [0.5, 0.6) is 0 Å². The van der Waals surface area contributed by atoms with E-state index < -0.39 is 11.9 Å². The Labute approximate surface area is 107 Å². The molecule has 0 aliphatic heterocycles. The minimum Gasteiger partial charge on any atom is -0.468 e. The smallest absolute Gasteiger partial charge is 0.316 e. The highest BCUT2D eigenvalue weighted by molar-refractivity contribution is 6.00. The summed E-state index contributed by atoms with van der Waals surface area (Å²) in [7, 11) is 1.28. The zero-order valence-electron chi connectivity index (χ0n) is 10.4. The van der Waals surface area contributed by atoms with Crippen molar-refractivity contribution in [1.29, 1.82) is 0 Å². The number of hydrogen-bond donors (Lipinski definition) is 0. The number of allylic oxidation sites excluding steroid dienone is 1. The van der Waals surface area contributed by atoms with Gasteiger partial charge in [0, 0.05) is 6.42 Å². The van der Waals surface area contributed by atoms with E-state index in [-0.39, 0.29) is 18.6 Å². The summed E-state index contributed by atoms with van der Waals surface area (Å²) in [5.41, 5.74) is 3.45. The number of hydrogen-bond acceptors (Lipinski definition) is 3. The van der Waals surface area contributed by atoms with Crippen molar-refractivity contribution in [2.75, 3.05) is 7.11 Å². The fourth-order valence-electron chi connectivity index (χ4n) is 1.62. The Bertz CT molecular complexity index is 456. The Morgan fingerprint density at radius 3 is 2.61 bits per heavy atom. The summed E-state index contributed by atoms with van der Waals surface area (Å²) in [6.45, 7) is 3.42. The van der Waals surface area contributed by atoms with Gasteiger partial charge in [0.15, 0.2) is 5.78 Å². The Hall–Kier alpha value is -2.12. The van der Waals surface area contributed by atoms with Crippen LogP contribution >= 0.6 is 0 Å². The monoisotopic (exact) mass is 244 g/mol. The van der Waals surface area contributed by atoms with E-state index in [4.69, 9.17) is 0 Å². The zero-order valence-corrected chi connectivity index (χ0v) is 10.4. The molecule has 0 N–H and O–H groups in total. The lowest BCUT2D eigenvalue weighted by molar-refractivity contribution is -0.149. The minimum atomic E-state index is -0.774. The van der Waals surface area contributed by atoms with E-state index in [9.17, 15) is 9.59 Å². The molecular formula is C15H16O3. The lowest BCUT2D eigenvalue weighted by Crippen LogP contribution is -2.26. The van der Waals surface area contributed by atoms with Crippen LogP contribution in [0.1, 0.15) is 12.0 Å². The van der Waals surface area contributed by atoms with Gasteiger partial charge in [-0.05, 0) is 18.1 Å². The number of methoxy groups -OCH3 is 1. The summed E-state index contributed by atoms with van der Waals surface area (Å²) in [5, 5.41) is 0. The van der Waals surface area contributed by atoms with Gasteiger partial charge in [0.05, 0.1) is 7.11 Å². The average Bonchev–Trinajstić information content (AvgIpc) is 2.40. The van der Waals surface area contributed by atoms with E-state index in [0.29, 0.717) is 0 Å². The third-order valence-electron chi connectivity index (χ3n) is 2.59. The summed E-state index contributed by atoms with van der Waals surface area (Å²) in [6.07, 6.45) is 2.08. The van der Waals surface area contributed by atoms with Gasteiger partial charge in [0.25, 0.3) is 0 Å². The van der Waals surface area contributed by atoms with Crippen LogP contribution < -0.4 is 0 Å². The molecule has 0 saturated heterocycles. The fraction of sp³-hybridized carbons (Fsp3) is 0.267. The van der Waals surface area contributed by atoms with Crippen molar-refractivity contribution in [3.8, 4) is 0 Å². The van der Waals surface area contributed by atoms with Crippen LogP contribution in [0.25, 0.3) is 0 Å². The molecule has 0 radical (unpaired) electrons. The lowest BCUT2D eigenvalue weighted by Gasteiger charge is -2.11. The van der Waals surface area contributed by atoms with Gasteiger partial charge in [-0.3, -0.25) is 9.59 Å². The molecule has 1 atom stereocenters. The Morgan fingerprint density at radius 1 is 1.39 bits per heavy atom. The predicted octanol–water partition coefficient (Wildman–Crippen LogP) is 2.32. The molecule has 18 heavy (non-hydrogen) atoms. The standard InChI is InChI=1S/C15H16O3/c1-3-4-10-13(15(17)18-2)14(16)11-12-8-6-5-7-9-12/h4-9,13H,1,10-11H2,2H3. The molecule has 0 heterocycles. The quantitative estimate of drug-likeness (QED) is 0.438. The van der Waals surface area contributed by atoms with E-state index in [1.54, 1.807) is 6.08 Å². The predicted molar refractivity (Wildman–Crippen MR) is 69.0 cm³/mol. The molecule has 0 amide bonds. The number of benzene rings is 1. The largest absolute Gasteiger partial charge is 0.468 e. The maximum Gasteiger partial charge on any atom is 0.316 e. The molecule has 1 rings (SSSR count). The van der Waals surface area contributed by atoms with Crippen LogP contribution in [0.15, 0.2) is 48.7 Å². The summed E-state index contributed by atoms with van der Waals surface area (Å²) in [6, 6.07) is 9.32. The maximum absolute atomic E-state index is 12.0. The van der Waals surface area contributed by atoms with Crippen LogP contribution in [0.4, 0.5) is 0 Å². The maximum atomic E-state index is 12.0. The lowest BCUT2D eigenvalue weighted by atomic mass is 9.95. The van der Waals surface area contributed by atoms with E-state index in [0.717, 1.165) is 5.56 Å². The number of rotatable bonds is 6.